The van der Waals surface area contributed by atoms with Crippen LogP contribution in [0, 0.1) is 0 Å². The molecule has 94 valence electrons. The third-order valence-corrected chi connectivity index (χ3v) is 3.66. The van der Waals surface area contributed by atoms with Gasteiger partial charge in [0.1, 0.15) is 5.75 Å². The van der Waals surface area contributed by atoms with E-state index in [4.69, 9.17) is 16.3 Å². The highest BCUT2D eigenvalue weighted by Gasteiger charge is 2.09. The van der Waals surface area contributed by atoms with Gasteiger partial charge in [-0.2, -0.15) is 0 Å². The lowest BCUT2D eigenvalue weighted by atomic mass is 10.1. The van der Waals surface area contributed by atoms with Gasteiger partial charge in [-0.15, -0.1) is 11.3 Å². The van der Waals surface area contributed by atoms with Crippen molar-refractivity contribution in [1.82, 2.24) is 0 Å². The number of ketones is 1. The Kier molecular flexibility index (Phi) is 4.39. The first-order valence-electron chi connectivity index (χ1n) is 5.69. The zero-order valence-electron chi connectivity index (χ0n) is 9.98. The fraction of sp³-hybridized carbons (Fsp3) is 0.214. The van der Waals surface area contributed by atoms with Gasteiger partial charge >= 0.3 is 0 Å². The standard InChI is InChI=1S/C14H13ClO2S/c1-2-17-11-5-3-4-10(8-11)13(16)9-12-6-7-14(15)18-12/h3-8H,2,9H2,1H3. The second kappa shape index (κ2) is 6.03. The van der Waals surface area contributed by atoms with E-state index >= 15 is 0 Å². The SMILES string of the molecule is CCOc1cccc(C(=O)Cc2ccc(Cl)s2)c1. The van der Waals surface area contributed by atoms with Gasteiger partial charge in [-0.05, 0) is 31.2 Å². The van der Waals surface area contributed by atoms with Crippen LogP contribution in [0.2, 0.25) is 4.34 Å². The molecule has 0 radical (unpaired) electrons. The second-order valence-corrected chi connectivity index (χ2v) is 5.57. The molecule has 0 aliphatic heterocycles. The zero-order chi connectivity index (χ0) is 13.0. The zero-order valence-corrected chi connectivity index (χ0v) is 11.6. The number of Topliss-reactive ketones (excluding diaryl/α,β-unsaturated/α-hetero) is 1. The van der Waals surface area contributed by atoms with E-state index in [9.17, 15) is 4.79 Å². The van der Waals surface area contributed by atoms with E-state index in [1.165, 1.54) is 11.3 Å². The molecule has 0 fully saturated rings. The molecule has 0 amide bonds. The molecular weight excluding hydrogens is 268 g/mol. The van der Waals surface area contributed by atoms with Crippen molar-refractivity contribution in [2.45, 2.75) is 13.3 Å². The molecule has 2 rings (SSSR count). The predicted molar refractivity (Wildman–Crippen MR) is 75.0 cm³/mol. The van der Waals surface area contributed by atoms with Crippen molar-refractivity contribution >= 4 is 28.7 Å². The van der Waals surface area contributed by atoms with Crippen LogP contribution in [-0.2, 0) is 6.42 Å². The van der Waals surface area contributed by atoms with Crippen molar-refractivity contribution in [3.63, 3.8) is 0 Å². The fourth-order valence-electron chi connectivity index (χ4n) is 1.63. The summed E-state index contributed by atoms with van der Waals surface area (Å²) in [6.07, 6.45) is 0.382. The van der Waals surface area contributed by atoms with Crippen molar-refractivity contribution in [1.29, 1.82) is 0 Å². The van der Waals surface area contributed by atoms with Crippen molar-refractivity contribution in [2.24, 2.45) is 0 Å². The number of carbonyl (C=O) groups excluding carboxylic acids is 1. The number of carbonyl (C=O) groups is 1. The van der Waals surface area contributed by atoms with E-state index < -0.39 is 0 Å². The summed E-state index contributed by atoms with van der Waals surface area (Å²) in [5.74, 6) is 0.808. The van der Waals surface area contributed by atoms with Crippen LogP contribution in [0.15, 0.2) is 36.4 Å². The summed E-state index contributed by atoms with van der Waals surface area (Å²) in [7, 11) is 0. The van der Waals surface area contributed by atoms with Gasteiger partial charge in [-0.3, -0.25) is 4.79 Å². The summed E-state index contributed by atoms with van der Waals surface area (Å²) < 4.78 is 6.09. The Labute approximate surface area is 115 Å². The third-order valence-electron chi connectivity index (χ3n) is 2.43. The van der Waals surface area contributed by atoms with Gasteiger partial charge in [0.2, 0.25) is 0 Å². The van der Waals surface area contributed by atoms with E-state index in [-0.39, 0.29) is 5.78 Å². The molecule has 0 unspecified atom stereocenters. The molecule has 0 saturated carbocycles. The van der Waals surface area contributed by atoms with Crippen molar-refractivity contribution in [3.8, 4) is 5.75 Å². The molecule has 4 heteroatoms. The molecule has 0 aliphatic carbocycles. The lowest BCUT2D eigenvalue weighted by Gasteiger charge is -2.04. The first kappa shape index (κ1) is 13.1. The maximum atomic E-state index is 12.1. The van der Waals surface area contributed by atoms with Crippen LogP contribution in [0.3, 0.4) is 0 Å². The normalized spacial score (nSPS) is 10.3. The lowest BCUT2D eigenvalue weighted by Crippen LogP contribution is -2.02. The minimum atomic E-state index is 0.0788. The average molecular weight is 281 g/mol. The molecule has 0 N–H and O–H groups in total. The number of benzene rings is 1. The van der Waals surface area contributed by atoms with Crippen molar-refractivity contribution in [2.75, 3.05) is 6.61 Å². The van der Waals surface area contributed by atoms with Crippen LogP contribution in [0.1, 0.15) is 22.2 Å². The van der Waals surface area contributed by atoms with E-state index in [0.29, 0.717) is 22.9 Å². The molecule has 1 heterocycles. The monoisotopic (exact) mass is 280 g/mol. The molecule has 1 aromatic carbocycles. The largest absolute Gasteiger partial charge is 0.494 e. The minimum Gasteiger partial charge on any atom is -0.494 e. The lowest BCUT2D eigenvalue weighted by molar-refractivity contribution is 0.0993. The quantitative estimate of drug-likeness (QED) is 0.766. The van der Waals surface area contributed by atoms with Crippen LogP contribution < -0.4 is 4.74 Å². The molecule has 0 aliphatic rings. The van der Waals surface area contributed by atoms with Crippen LogP contribution in [-0.4, -0.2) is 12.4 Å². The molecule has 0 bridgehead atoms. The molecule has 0 saturated heterocycles. The molecule has 0 spiro atoms. The second-order valence-electron chi connectivity index (χ2n) is 3.77. The minimum absolute atomic E-state index is 0.0788. The molecule has 2 aromatic rings. The molecule has 2 nitrogen and oxygen atoms in total. The summed E-state index contributed by atoms with van der Waals surface area (Å²) in [4.78, 5) is 13.1. The number of thiophene rings is 1. The Bertz CT molecular complexity index is 548. The molecule has 18 heavy (non-hydrogen) atoms. The Balaban J connectivity index is 2.11. The van der Waals surface area contributed by atoms with Crippen LogP contribution in [0.4, 0.5) is 0 Å². The highest BCUT2D eigenvalue weighted by molar-refractivity contribution is 7.16. The van der Waals surface area contributed by atoms with Gasteiger partial charge in [0.15, 0.2) is 5.78 Å². The van der Waals surface area contributed by atoms with Gasteiger partial charge in [0.25, 0.3) is 0 Å². The Morgan fingerprint density at radius 3 is 2.83 bits per heavy atom. The first-order valence-corrected chi connectivity index (χ1v) is 6.88. The maximum absolute atomic E-state index is 12.1. The van der Waals surface area contributed by atoms with Crippen LogP contribution in [0.5, 0.6) is 5.75 Å². The summed E-state index contributed by atoms with van der Waals surface area (Å²) >= 11 is 7.28. The Morgan fingerprint density at radius 1 is 1.33 bits per heavy atom. The Morgan fingerprint density at radius 2 is 2.17 bits per heavy atom. The van der Waals surface area contributed by atoms with Gasteiger partial charge in [0, 0.05) is 16.9 Å². The van der Waals surface area contributed by atoms with Gasteiger partial charge in [-0.1, -0.05) is 23.7 Å². The Hall–Kier alpha value is -1.32. The average Bonchev–Trinajstić information content (AvgIpc) is 2.75. The molecule has 0 atom stereocenters. The third kappa shape index (κ3) is 3.34. The smallest absolute Gasteiger partial charge is 0.168 e. The number of rotatable bonds is 5. The van der Waals surface area contributed by atoms with E-state index in [1.807, 2.05) is 31.2 Å². The van der Waals surface area contributed by atoms with Gasteiger partial charge in [0.05, 0.1) is 10.9 Å². The predicted octanol–water partition coefficient (Wildman–Crippen LogP) is 4.23. The first-order chi connectivity index (χ1) is 8.69. The van der Waals surface area contributed by atoms with Crippen LogP contribution in [0.25, 0.3) is 0 Å². The fourth-order valence-corrected chi connectivity index (χ4v) is 2.72. The molecular formula is C14H13ClO2S. The number of ether oxygens (including phenoxy) is 1. The topological polar surface area (TPSA) is 26.3 Å². The summed E-state index contributed by atoms with van der Waals surface area (Å²) in [6, 6.07) is 11.0. The van der Waals surface area contributed by atoms with Crippen LogP contribution >= 0.6 is 22.9 Å². The highest BCUT2D eigenvalue weighted by atomic mass is 35.5. The highest BCUT2D eigenvalue weighted by Crippen LogP contribution is 2.23. The van der Waals surface area contributed by atoms with Gasteiger partial charge in [-0.25, -0.2) is 0 Å². The number of halogens is 1. The maximum Gasteiger partial charge on any atom is 0.168 e. The van der Waals surface area contributed by atoms with E-state index in [0.717, 1.165) is 10.6 Å². The summed E-state index contributed by atoms with van der Waals surface area (Å²) in [6.45, 7) is 2.51. The summed E-state index contributed by atoms with van der Waals surface area (Å²) in [5, 5.41) is 0. The van der Waals surface area contributed by atoms with Crippen molar-refractivity contribution < 1.29 is 9.53 Å². The van der Waals surface area contributed by atoms with Crippen molar-refractivity contribution in [3.05, 3.63) is 51.2 Å². The van der Waals surface area contributed by atoms with E-state index in [2.05, 4.69) is 0 Å². The van der Waals surface area contributed by atoms with Gasteiger partial charge < -0.3 is 4.74 Å². The van der Waals surface area contributed by atoms with E-state index in [1.54, 1.807) is 12.1 Å². The number of hydrogen-bond acceptors (Lipinski definition) is 3. The molecule has 1 aromatic heterocycles. The summed E-state index contributed by atoms with van der Waals surface area (Å²) in [5.41, 5.74) is 0.672. The number of hydrogen-bond donors (Lipinski definition) is 0.